The van der Waals surface area contributed by atoms with Crippen molar-refractivity contribution in [3.63, 3.8) is 0 Å². The van der Waals surface area contributed by atoms with Gasteiger partial charge in [0.2, 0.25) is 0 Å². The summed E-state index contributed by atoms with van der Waals surface area (Å²) >= 11 is 0. The molecule has 0 unspecified atom stereocenters. The van der Waals surface area contributed by atoms with Gasteiger partial charge in [0.25, 0.3) is 6.43 Å². The van der Waals surface area contributed by atoms with E-state index >= 15 is 0 Å². The number of hydrogen-bond donors (Lipinski definition) is 0. The van der Waals surface area contributed by atoms with Crippen LogP contribution in [0.3, 0.4) is 0 Å². The Morgan fingerprint density at radius 1 is 1.13 bits per heavy atom. The largest absolute Gasteiger partial charge is 0.573 e. The van der Waals surface area contributed by atoms with Crippen molar-refractivity contribution < 1.29 is 31.1 Å². The minimum absolute atomic E-state index is 0.297. The number of ether oxygens (including phenoxy) is 1. The number of rotatable bonds is 2. The highest BCUT2D eigenvalue weighted by molar-refractivity contribution is 5.30. The summed E-state index contributed by atoms with van der Waals surface area (Å²) in [4.78, 5) is 0. The standard InChI is InChI=1S/C8H4F6O/c9-5-3-4(7(10)11)1-2-6(5)15-8(12,13)14/h1-3,7H. The quantitative estimate of drug-likeness (QED) is 0.704. The molecule has 0 N–H and O–H groups in total. The molecular weight excluding hydrogens is 226 g/mol. The van der Waals surface area contributed by atoms with Crippen molar-refractivity contribution in [2.75, 3.05) is 0 Å². The normalized spacial score (nSPS) is 11.9. The summed E-state index contributed by atoms with van der Waals surface area (Å²) in [7, 11) is 0. The van der Waals surface area contributed by atoms with Gasteiger partial charge in [-0.15, -0.1) is 13.2 Å². The van der Waals surface area contributed by atoms with E-state index in [0.29, 0.717) is 18.2 Å². The Morgan fingerprint density at radius 2 is 1.73 bits per heavy atom. The van der Waals surface area contributed by atoms with Crippen LogP contribution in [0.5, 0.6) is 5.75 Å². The second kappa shape index (κ2) is 4.00. The van der Waals surface area contributed by atoms with E-state index in [1.807, 2.05) is 0 Å². The molecular formula is C8H4F6O. The molecule has 7 heteroatoms. The molecule has 0 amide bonds. The molecule has 1 nitrogen and oxygen atoms in total. The highest BCUT2D eigenvalue weighted by Crippen LogP contribution is 2.28. The Hall–Kier alpha value is -1.40. The highest BCUT2D eigenvalue weighted by Gasteiger charge is 2.32. The summed E-state index contributed by atoms with van der Waals surface area (Å²) < 4.78 is 74.9. The summed E-state index contributed by atoms with van der Waals surface area (Å²) in [6.07, 6.45) is -7.99. The van der Waals surface area contributed by atoms with Gasteiger partial charge in [-0.1, -0.05) is 0 Å². The van der Waals surface area contributed by atoms with Crippen LogP contribution in [-0.2, 0) is 0 Å². The SMILES string of the molecule is Fc1cc(C(F)F)ccc1OC(F)(F)F. The Kier molecular flexibility index (Phi) is 3.11. The van der Waals surface area contributed by atoms with Gasteiger partial charge < -0.3 is 4.74 Å². The van der Waals surface area contributed by atoms with Crippen molar-refractivity contribution in [2.45, 2.75) is 12.8 Å². The van der Waals surface area contributed by atoms with Gasteiger partial charge in [-0.05, 0) is 18.2 Å². The molecule has 1 rings (SSSR count). The second-order valence-electron chi connectivity index (χ2n) is 2.54. The fourth-order valence-corrected chi connectivity index (χ4v) is 0.860. The first-order chi connectivity index (χ1) is 6.79. The first-order valence-corrected chi connectivity index (χ1v) is 3.63. The maximum absolute atomic E-state index is 12.8. The van der Waals surface area contributed by atoms with Gasteiger partial charge >= 0.3 is 6.36 Å². The number of alkyl halides is 5. The van der Waals surface area contributed by atoms with Crippen molar-refractivity contribution in [3.05, 3.63) is 29.6 Å². The summed E-state index contributed by atoms with van der Waals surface area (Å²) in [5, 5.41) is 0. The molecule has 0 aliphatic rings. The molecule has 0 atom stereocenters. The van der Waals surface area contributed by atoms with E-state index in [2.05, 4.69) is 4.74 Å². The molecule has 0 saturated carbocycles. The third kappa shape index (κ3) is 3.34. The zero-order chi connectivity index (χ0) is 11.6. The van der Waals surface area contributed by atoms with Crippen LogP contribution in [0.25, 0.3) is 0 Å². The lowest BCUT2D eigenvalue weighted by atomic mass is 10.2. The predicted octanol–water partition coefficient (Wildman–Crippen LogP) is 3.66. The third-order valence-electron chi connectivity index (χ3n) is 1.43. The van der Waals surface area contributed by atoms with Crippen LogP contribution in [0, 0.1) is 5.82 Å². The molecule has 15 heavy (non-hydrogen) atoms. The minimum atomic E-state index is -5.05. The van der Waals surface area contributed by atoms with Crippen LogP contribution in [0.2, 0.25) is 0 Å². The van der Waals surface area contributed by atoms with Crippen LogP contribution in [0.1, 0.15) is 12.0 Å². The van der Waals surface area contributed by atoms with Crippen LogP contribution in [-0.4, -0.2) is 6.36 Å². The van der Waals surface area contributed by atoms with Gasteiger partial charge in [-0.3, -0.25) is 0 Å². The molecule has 0 saturated heterocycles. The van der Waals surface area contributed by atoms with Crippen molar-refractivity contribution in [1.82, 2.24) is 0 Å². The van der Waals surface area contributed by atoms with Crippen LogP contribution in [0.4, 0.5) is 26.3 Å². The van der Waals surface area contributed by atoms with E-state index in [-0.39, 0.29) is 0 Å². The fraction of sp³-hybridized carbons (Fsp3) is 0.250. The number of benzene rings is 1. The first-order valence-electron chi connectivity index (χ1n) is 3.63. The lowest BCUT2D eigenvalue weighted by molar-refractivity contribution is -0.275. The first kappa shape index (κ1) is 11.7. The summed E-state index contributed by atoms with van der Waals surface area (Å²) in [6, 6.07) is 1.46. The molecule has 0 aliphatic heterocycles. The van der Waals surface area contributed by atoms with E-state index < -0.39 is 29.9 Å². The monoisotopic (exact) mass is 230 g/mol. The minimum Gasteiger partial charge on any atom is -0.403 e. The van der Waals surface area contributed by atoms with Crippen LogP contribution < -0.4 is 4.74 Å². The van der Waals surface area contributed by atoms with Crippen molar-refractivity contribution >= 4 is 0 Å². The van der Waals surface area contributed by atoms with Gasteiger partial charge in [0.05, 0.1) is 0 Å². The highest BCUT2D eigenvalue weighted by atomic mass is 19.4. The van der Waals surface area contributed by atoms with Crippen LogP contribution >= 0.6 is 0 Å². The molecule has 1 aromatic rings. The molecule has 0 spiro atoms. The molecule has 0 bridgehead atoms. The van der Waals surface area contributed by atoms with Crippen molar-refractivity contribution in [1.29, 1.82) is 0 Å². The van der Waals surface area contributed by atoms with Gasteiger partial charge in [-0.25, -0.2) is 13.2 Å². The van der Waals surface area contributed by atoms with Crippen molar-refractivity contribution in [2.24, 2.45) is 0 Å². The average Bonchev–Trinajstić information content (AvgIpc) is 2.05. The van der Waals surface area contributed by atoms with E-state index in [1.54, 1.807) is 0 Å². The lowest BCUT2D eigenvalue weighted by Gasteiger charge is -2.10. The second-order valence-corrected chi connectivity index (χ2v) is 2.54. The summed E-state index contributed by atoms with van der Waals surface area (Å²) in [5.41, 5.74) is -0.706. The molecule has 0 aromatic heterocycles. The van der Waals surface area contributed by atoms with Gasteiger partial charge in [-0.2, -0.15) is 0 Å². The number of hydrogen-bond acceptors (Lipinski definition) is 1. The summed E-state index contributed by atoms with van der Waals surface area (Å²) in [6.45, 7) is 0. The molecule has 0 aliphatic carbocycles. The Balaban J connectivity index is 2.94. The molecule has 0 radical (unpaired) electrons. The maximum Gasteiger partial charge on any atom is 0.573 e. The van der Waals surface area contributed by atoms with Crippen molar-refractivity contribution in [3.8, 4) is 5.75 Å². The predicted molar refractivity (Wildman–Crippen MR) is 38.0 cm³/mol. The van der Waals surface area contributed by atoms with Gasteiger partial charge in [0.1, 0.15) is 0 Å². The molecule has 1 aromatic carbocycles. The van der Waals surface area contributed by atoms with Crippen LogP contribution in [0.15, 0.2) is 18.2 Å². The molecule has 0 fully saturated rings. The summed E-state index contributed by atoms with van der Waals surface area (Å²) in [5.74, 6) is -2.61. The van der Waals surface area contributed by atoms with E-state index in [1.165, 1.54) is 0 Å². The third-order valence-corrected chi connectivity index (χ3v) is 1.43. The lowest BCUT2D eigenvalue weighted by Crippen LogP contribution is -2.18. The smallest absolute Gasteiger partial charge is 0.403 e. The Labute approximate surface area is 80.3 Å². The average molecular weight is 230 g/mol. The Morgan fingerprint density at radius 3 is 2.13 bits per heavy atom. The number of halogens is 6. The topological polar surface area (TPSA) is 9.23 Å². The van der Waals surface area contributed by atoms with Gasteiger partial charge in [0, 0.05) is 5.56 Å². The molecule has 84 valence electrons. The fourth-order valence-electron chi connectivity index (χ4n) is 0.860. The van der Waals surface area contributed by atoms with Gasteiger partial charge in [0.15, 0.2) is 11.6 Å². The maximum atomic E-state index is 12.8. The zero-order valence-corrected chi connectivity index (χ0v) is 6.99. The zero-order valence-electron chi connectivity index (χ0n) is 6.99. The van der Waals surface area contributed by atoms with E-state index in [9.17, 15) is 26.3 Å². The molecule has 0 heterocycles. The van der Waals surface area contributed by atoms with E-state index in [4.69, 9.17) is 0 Å². The van der Waals surface area contributed by atoms with E-state index in [0.717, 1.165) is 0 Å². The Bertz CT molecular complexity index is 345.